The van der Waals surface area contributed by atoms with Gasteiger partial charge in [0.1, 0.15) is 5.69 Å². The lowest BCUT2D eigenvalue weighted by Crippen LogP contribution is -2.36. The van der Waals surface area contributed by atoms with Crippen molar-refractivity contribution < 1.29 is 19.1 Å². The molecule has 2 aromatic heterocycles. The molecule has 0 bridgehead atoms. The average Bonchev–Trinajstić information content (AvgIpc) is 3.69. The summed E-state index contributed by atoms with van der Waals surface area (Å²) >= 11 is 1.70. The van der Waals surface area contributed by atoms with E-state index in [1.54, 1.807) is 25.4 Å². The Kier molecular flexibility index (Phi) is 6.69. The number of rotatable bonds is 6. The van der Waals surface area contributed by atoms with Gasteiger partial charge in [-0.05, 0) is 80.2 Å². The van der Waals surface area contributed by atoms with Gasteiger partial charge < -0.3 is 23.8 Å². The Morgan fingerprint density at radius 3 is 2.44 bits per heavy atom. The topological polar surface area (TPSA) is 64.0 Å². The van der Waals surface area contributed by atoms with Crippen molar-refractivity contribution in [2.45, 2.75) is 58.7 Å². The zero-order valence-electron chi connectivity index (χ0n) is 23.4. The minimum absolute atomic E-state index is 0.0191. The summed E-state index contributed by atoms with van der Waals surface area (Å²) in [7, 11) is 3.58. The second-order valence-electron chi connectivity index (χ2n) is 11.5. The highest BCUT2D eigenvalue weighted by Crippen LogP contribution is 2.46. The number of fused-ring (bicyclic) bond motifs is 4. The predicted molar refractivity (Wildman–Crippen MR) is 154 cm³/mol. The number of hydrogen-bond donors (Lipinski definition) is 0. The molecule has 39 heavy (non-hydrogen) atoms. The second-order valence-corrected chi connectivity index (χ2v) is 12.4. The van der Waals surface area contributed by atoms with Crippen molar-refractivity contribution in [3.05, 3.63) is 47.0 Å². The van der Waals surface area contributed by atoms with E-state index < -0.39 is 0 Å². The van der Waals surface area contributed by atoms with Crippen LogP contribution < -0.4 is 9.47 Å². The number of ether oxygens (including phenoxy) is 2. The van der Waals surface area contributed by atoms with E-state index in [9.17, 15) is 9.59 Å². The molecule has 3 atom stereocenters. The Labute approximate surface area is 234 Å². The molecule has 3 aliphatic rings. The maximum atomic E-state index is 14.1. The highest BCUT2D eigenvalue weighted by Gasteiger charge is 2.44. The third-order valence-corrected chi connectivity index (χ3v) is 9.68. The standard InChI is InChI=1S/C31H37N3O4S/c1-18(2)38-28-15-24-20(13-27(28)37-5)8-9-34-26(14-25(30(24)34)29-7-6-10-39-29)31(36)33-16-21-11-23(12-22(21)17-33)32(4)19(3)35/h6-7,10,13-15,18,21-23H,8-9,11-12,16-17H2,1-5H3/t21-,22+,23-. The zero-order valence-corrected chi connectivity index (χ0v) is 24.2. The fourth-order valence-corrected chi connectivity index (χ4v) is 7.55. The van der Waals surface area contributed by atoms with Gasteiger partial charge in [-0.2, -0.15) is 0 Å². The Morgan fingerprint density at radius 2 is 1.82 bits per heavy atom. The Balaban J connectivity index is 1.35. The van der Waals surface area contributed by atoms with Crippen LogP contribution in [0.15, 0.2) is 35.7 Å². The molecule has 8 heteroatoms. The van der Waals surface area contributed by atoms with E-state index in [1.165, 1.54) is 5.56 Å². The summed E-state index contributed by atoms with van der Waals surface area (Å²) in [4.78, 5) is 31.1. The molecule has 6 rings (SSSR count). The summed E-state index contributed by atoms with van der Waals surface area (Å²) in [6, 6.07) is 10.8. The Morgan fingerprint density at radius 1 is 1.08 bits per heavy atom. The van der Waals surface area contributed by atoms with E-state index in [1.807, 2.05) is 25.8 Å². The summed E-state index contributed by atoms with van der Waals surface area (Å²) in [5.74, 6) is 2.61. The first-order valence-electron chi connectivity index (χ1n) is 13.9. The number of aryl methyl sites for hydroxylation is 1. The van der Waals surface area contributed by atoms with Crippen LogP contribution in [0.1, 0.15) is 49.7 Å². The van der Waals surface area contributed by atoms with Crippen LogP contribution >= 0.6 is 11.3 Å². The number of nitrogens with zero attached hydrogens (tertiary/aromatic N) is 3. The number of aromatic nitrogens is 1. The van der Waals surface area contributed by atoms with Crippen LogP contribution in [0.4, 0.5) is 0 Å². The van der Waals surface area contributed by atoms with Crippen LogP contribution in [0.2, 0.25) is 0 Å². The smallest absolute Gasteiger partial charge is 0.270 e. The van der Waals surface area contributed by atoms with Gasteiger partial charge in [-0.1, -0.05) is 6.07 Å². The third-order valence-electron chi connectivity index (χ3n) is 8.77. The van der Waals surface area contributed by atoms with Crippen molar-refractivity contribution >= 4 is 23.2 Å². The average molecular weight is 548 g/mol. The number of carbonyl (C=O) groups excluding carboxylic acids is 2. The molecule has 206 valence electrons. The summed E-state index contributed by atoms with van der Waals surface area (Å²) in [5, 5.41) is 2.09. The van der Waals surface area contributed by atoms with Gasteiger partial charge in [0, 0.05) is 55.7 Å². The number of thiophene rings is 1. The van der Waals surface area contributed by atoms with Crippen molar-refractivity contribution in [3.63, 3.8) is 0 Å². The maximum Gasteiger partial charge on any atom is 0.270 e. The van der Waals surface area contributed by atoms with Crippen molar-refractivity contribution in [3.8, 4) is 33.2 Å². The molecule has 1 saturated carbocycles. The van der Waals surface area contributed by atoms with Crippen molar-refractivity contribution in [1.29, 1.82) is 0 Å². The number of benzene rings is 1. The van der Waals surface area contributed by atoms with Gasteiger partial charge in [-0.3, -0.25) is 9.59 Å². The number of amides is 2. The summed E-state index contributed by atoms with van der Waals surface area (Å²) in [6.07, 6.45) is 2.80. The van der Waals surface area contributed by atoms with Crippen molar-refractivity contribution in [2.75, 3.05) is 27.2 Å². The molecule has 0 radical (unpaired) electrons. The van der Waals surface area contributed by atoms with Gasteiger partial charge in [-0.25, -0.2) is 0 Å². The minimum atomic E-state index is 0.0191. The maximum absolute atomic E-state index is 14.1. The molecule has 0 spiro atoms. The van der Waals surface area contributed by atoms with E-state index in [0.717, 1.165) is 77.8 Å². The van der Waals surface area contributed by atoms with E-state index in [0.29, 0.717) is 11.8 Å². The molecule has 3 aromatic rings. The second kappa shape index (κ2) is 10.0. The van der Waals surface area contributed by atoms with Crippen molar-refractivity contribution in [2.24, 2.45) is 11.8 Å². The van der Waals surface area contributed by atoms with Crippen LogP contribution in [0, 0.1) is 11.8 Å². The summed E-state index contributed by atoms with van der Waals surface area (Å²) in [5.41, 5.74) is 5.26. The summed E-state index contributed by atoms with van der Waals surface area (Å²) < 4.78 is 14.0. The van der Waals surface area contributed by atoms with E-state index in [2.05, 4.69) is 45.2 Å². The Bertz CT molecular complexity index is 1400. The highest BCUT2D eigenvalue weighted by molar-refractivity contribution is 7.13. The predicted octanol–water partition coefficient (Wildman–Crippen LogP) is 5.56. The molecule has 4 heterocycles. The fraction of sp³-hybridized carbons (Fsp3) is 0.484. The normalized spacial score (nSPS) is 21.5. The van der Waals surface area contributed by atoms with Crippen LogP contribution in [0.5, 0.6) is 11.5 Å². The SMILES string of the molecule is COc1cc2c(cc1OC(C)C)-c1c(-c3cccs3)cc(C(=O)N3C[C@H]4C[C@@H](N(C)C(C)=O)C[C@H]4C3)n1CC2. The Hall–Kier alpha value is -3.26. The van der Waals surface area contributed by atoms with Gasteiger partial charge in [0.25, 0.3) is 5.91 Å². The number of hydrogen-bond acceptors (Lipinski definition) is 5. The van der Waals surface area contributed by atoms with Crippen LogP contribution in [-0.4, -0.2) is 65.6 Å². The first kappa shape index (κ1) is 26.0. The monoisotopic (exact) mass is 547 g/mol. The van der Waals surface area contributed by atoms with Gasteiger partial charge >= 0.3 is 0 Å². The van der Waals surface area contributed by atoms with Crippen LogP contribution in [-0.2, 0) is 17.8 Å². The molecule has 7 nitrogen and oxygen atoms in total. The molecule has 1 saturated heterocycles. The lowest BCUT2D eigenvalue weighted by Gasteiger charge is -2.27. The lowest BCUT2D eigenvalue weighted by molar-refractivity contribution is -0.129. The third kappa shape index (κ3) is 4.52. The molecule has 0 N–H and O–H groups in total. The van der Waals surface area contributed by atoms with Gasteiger partial charge in [0.15, 0.2) is 11.5 Å². The molecule has 1 aliphatic carbocycles. The minimum Gasteiger partial charge on any atom is -0.493 e. The first-order valence-corrected chi connectivity index (χ1v) is 14.8. The van der Waals surface area contributed by atoms with Crippen LogP contribution in [0.3, 0.4) is 0 Å². The van der Waals surface area contributed by atoms with Gasteiger partial charge in [-0.15, -0.1) is 11.3 Å². The number of likely N-dealkylation sites (tertiary alicyclic amines) is 1. The van der Waals surface area contributed by atoms with E-state index in [4.69, 9.17) is 9.47 Å². The zero-order chi connectivity index (χ0) is 27.4. The number of carbonyl (C=O) groups is 2. The fourth-order valence-electron chi connectivity index (χ4n) is 6.80. The van der Waals surface area contributed by atoms with Gasteiger partial charge in [0.05, 0.1) is 18.9 Å². The molecular weight excluding hydrogens is 510 g/mol. The quantitative estimate of drug-likeness (QED) is 0.405. The molecule has 2 aliphatic heterocycles. The first-order chi connectivity index (χ1) is 18.7. The van der Waals surface area contributed by atoms with Gasteiger partial charge in [0.2, 0.25) is 5.91 Å². The van der Waals surface area contributed by atoms with E-state index in [-0.39, 0.29) is 24.0 Å². The highest BCUT2D eigenvalue weighted by atomic mass is 32.1. The summed E-state index contributed by atoms with van der Waals surface area (Å²) in [6.45, 7) is 7.94. The largest absolute Gasteiger partial charge is 0.493 e. The van der Waals surface area contributed by atoms with Crippen molar-refractivity contribution in [1.82, 2.24) is 14.4 Å². The van der Waals surface area contributed by atoms with Crippen LogP contribution in [0.25, 0.3) is 21.7 Å². The molecule has 2 amide bonds. The molecule has 0 unspecified atom stereocenters. The molecular formula is C31H37N3O4S. The molecule has 1 aromatic carbocycles. The van der Waals surface area contributed by atoms with E-state index >= 15 is 0 Å². The number of methoxy groups -OCH3 is 1. The molecule has 2 fully saturated rings. The lowest BCUT2D eigenvalue weighted by atomic mass is 9.95.